The first kappa shape index (κ1) is 52.7. The van der Waals surface area contributed by atoms with Gasteiger partial charge in [0.1, 0.15) is 6.10 Å². The molecule has 1 rings (SSSR count). The minimum Gasteiger partial charge on any atom is -0.414 e. The summed E-state index contributed by atoms with van der Waals surface area (Å²) in [6.45, 7) is 36.2. The summed E-state index contributed by atoms with van der Waals surface area (Å²) in [5.74, 6) is 0. The van der Waals surface area contributed by atoms with Gasteiger partial charge >= 0.3 is 0 Å². The molecule has 0 aromatic heterocycles. The monoisotopic (exact) mass is 753 g/mol. The number of benzene rings is 1. The summed E-state index contributed by atoms with van der Waals surface area (Å²) >= 11 is 0. The Labute approximate surface area is 307 Å². The molecule has 1 aromatic carbocycles. The summed E-state index contributed by atoms with van der Waals surface area (Å²) in [4.78, 5) is 0.227. The van der Waals surface area contributed by atoms with Gasteiger partial charge in [-0.05, 0) is 81.0 Å². The van der Waals surface area contributed by atoms with Crippen LogP contribution in [0.5, 0.6) is 0 Å². The average Bonchev–Trinajstić information content (AvgIpc) is 2.97. The highest BCUT2D eigenvalue weighted by Gasteiger charge is 2.39. The second-order valence-corrected chi connectivity index (χ2v) is 26.5. The summed E-state index contributed by atoms with van der Waals surface area (Å²) in [6, 6.07) is 6.69. The maximum absolute atomic E-state index is 11.8. The number of ether oxygens (including phenoxy) is 3. The van der Waals surface area contributed by atoms with Gasteiger partial charge in [-0.2, -0.15) is 8.42 Å². The fourth-order valence-corrected chi connectivity index (χ4v) is 7.00. The maximum Gasteiger partial charge on any atom is 0.297 e. The molecule has 0 aliphatic rings. The van der Waals surface area contributed by atoms with Crippen molar-refractivity contribution in [1.29, 1.82) is 0 Å². The molecule has 0 unspecified atom stereocenters. The fraction of sp³-hybridized carbons (Fsp3) is 0.842. The topological polar surface area (TPSA) is 89.5 Å². The van der Waals surface area contributed by atoms with E-state index in [4.69, 9.17) is 27.2 Å². The largest absolute Gasteiger partial charge is 0.414 e. The summed E-state index contributed by atoms with van der Waals surface area (Å²) in [5, 5.41) is 0.353. The molecule has 49 heavy (non-hydrogen) atoms. The Kier molecular flexibility index (Phi) is 26.4. The van der Waals surface area contributed by atoms with Crippen molar-refractivity contribution in [2.24, 2.45) is 0 Å². The lowest BCUT2D eigenvalue weighted by Gasteiger charge is -2.39. The molecule has 0 amide bonds. The lowest BCUT2D eigenvalue weighted by atomic mass is 10.2. The first-order chi connectivity index (χ1) is 21.6. The molecule has 0 atom stereocenters. The molecule has 0 aliphatic heterocycles. The highest BCUT2D eigenvalue weighted by molar-refractivity contribution is 7.86. The molecule has 0 fully saturated rings. The van der Waals surface area contributed by atoms with Gasteiger partial charge in [-0.15, -0.1) is 0 Å². The van der Waals surface area contributed by atoms with E-state index in [-0.39, 0.29) is 42.0 Å². The fourth-order valence-electron chi connectivity index (χ4n) is 3.72. The molecule has 0 saturated carbocycles. The van der Waals surface area contributed by atoms with E-state index >= 15 is 0 Å². The van der Waals surface area contributed by atoms with Gasteiger partial charge in [-0.25, -0.2) is 0 Å². The number of hydrogen-bond acceptors (Lipinski definition) is 8. The standard InChI is InChI=1S/C24H54O5Si2.C12H18O3S.2CH4/c1-13-21(14-2)26-17-15-25-16-18-27-22(19-28-30(9,10)23(3,4)5)20-29-31(11,12)24(6,7)8;1-4-11(5-2)15-16(13,14)12-8-6-10(3)7-9-12;;/h21-22H,13-20H2,1-12H3;6-9,11H,4-5H2,1-3H3;2*1H4. The molecular formula is C38H80O8SSi2. The third-order valence-electron chi connectivity index (χ3n) is 9.43. The molecule has 0 N–H and O–H groups in total. The highest BCUT2D eigenvalue weighted by atomic mass is 32.2. The van der Waals surface area contributed by atoms with Crippen LogP contribution in [-0.2, 0) is 37.4 Å². The first-order valence-electron chi connectivity index (χ1n) is 17.7. The normalized spacial score (nSPS) is 12.9. The summed E-state index contributed by atoms with van der Waals surface area (Å²) in [6.07, 6.45) is 3.51. The van der Waals surface area contributed by atoms with Crippen LogP contribution in [0.3, 0.4) is 0 Å². The van der Waals surface area contributed by atoms with Crippen LogP contribution in [0.1, 0.15) is 115 Å². The van der Waals surface area contributed by atoms with E-state index in [1.807, 2.05) is 20.8 Å². The van der Waals surface area contributed by atoms with Crippen molar-refractivity contribution in [1.82, 2.24) is 0 Å². The Morgan fingerprint density at radius 2 is 0.980 bits per heavy atom. The summed E-state index contributed by atoms with van der Waals surface area (Å²) in [7, 11) is -7.27. The third-order valence-corrected chi connectivity index (χ3v) is 19.8. The van der Waals surface area contributed by atoms with Crippen molar-refractivity contribution in [3.63, 3.8) is 0 Å². The van der Waals surface area contributed by atoms with Crippen LogP contribution < -0.4 is 0 Å². The van der Waals surface area contributed by atoms with E-state index in [9.17, 15) is 8.42 Å². The summed E-state index contributed by atoms with van der Waals surface area (Å²) < 4.78 is 59.4. The van der Waals surface area contributed by atoms with Gasteiger partial charge < -0.3 is 23.1 Å². The Morgan fingerprint density at radius 3 is 1.33 bits per heavy atom. The molecule has 0 aliphatic carbocycles. The SMILES string of the molecule is C.C.CCC(CC)OCCOCCOC(CO[Si](C)(C)C(C)(C)C)CO[Si](C)(C)C(C)(C)C.CCC(CC)OS(=O)(=O)c1ccc(C)cc1. The predicted molar refractivity (Wildman–Crippen MR) is 214 cm³/mol. The molecule has 0 heterocycles. The first-order valence-corrected chi connectivity index (χ1v) is 24.9. The highest BCUT2D eigenvalue weighted by Crippen LogP contribution is 2.38. The second-order valence-electron chi connectivity index (χ2n) is 15.4. The van der Waals surface area contributed by atoms with E-state index in [1.54, 1.807) is 24.3 Å². The van der Waals surface area contributed by atoms with E-state index in [2.05, 4.69) is 81.6 Å². The Bertz CT molecular complexity index is 1030. The van der Waals surface area contributed by atoms with Crippen LogP contribution in [0.4, 0.5) is 0 Å². The van der Waals surface area contributed by atoms with Gasteiger partial charge in [-0.3, -0.25) is 4.18 Å². The zero-order valence-electron chi connectivity index (χ0n) is 32.8. The molecular weight excluding hydrogens is 673 g/mol. The molecule has 8 nitrogen and oxygen atoms in total. The molecule has 0 radical (unpaired) electrons. The van der Waals surface area contributed by atoms with Crippen molar-refractivity contribution in [2.45, 2.75) is 176 Å². The van der Waals surface area contributed by atoms with Crippen LogP contribution in [0.2, 0.25) is 36.3 Å². The smallest absolute Gasteiger partial charge is 0.297 e. The minimum absolute atomic E-state index is 0. The zero-order valence-corrected chi connectivity index (χ0v) is 35.6. The van der Waals surface area contributed by atoms with Crippen LogP contribution >= 0.6 is 0 Å². The second kappa shape index (κ2) is 24.6. The molecule has 0 spiro atoms. The number of aryl methyl sites for hydroxylation is 1. The maximum atomic E-state index is 11.8. The zero-order chi connectivity index (χ0) is 36.5. The minimum atomic E-state index is -3.60. The van der Waals surface area contributed by atoms with Crippen molar-refractivity contribution in [3.05, 3.63) is 29.8 Å². The van der Waals surface area contributed by atoms with Crippen molar-refractivity contribution in [3.8, 4) is 0 Å². The van der Waals surface area contributed by atoms with Crippen molar-refractivity contribution >= 4 is 26.8 Å². The van der Waals surface area contributed by atoms with Gasteiger partial charge in [-0.1, -0.05) is 102 Å². The van der Waals surface area contributed by atoms with E-state index in [1.165, 1.54) is 0 Å². The molecule has 0 saturated heterocycles. The van der Waals surface area contributed by atoms with E-state index in [0.717, 1.165) is 18.4 Å². The average molecular weight is 753 g/mol. The third kappa shape index (κ3) is 20.9. The van der Waals surface area contributed by atoms with E-state index < -0.39 is 26.8 Å². The van der Waals surface area contributed by atoms with Gasteiger partial charge in [0, 0.05) is 0 Å². The Hall–Kier alpha value is -0.636. The lowest BCUT2D eigenvalue weighted by molar-refractivity contribution is -0.0493. The van der Waals surface area contributed by atoms with Gasteiger partial charge in [0.05, 0.1) is 56.7 Å². The van der Waals surface area contributed by atoms with Gasteiger partial charge in [0.2, 0.25) is 0 Å². The van der Waals surface area contributed by atoms with E-state index in [0.29, 0.717) is 58.6 Å². The van der Waals surface area contributed by atoms with Gasteiger partial charge in [0.15, 0.2) is 16.6 Å². The van der Waals surface area contributed by atoms with Crippen molar-refractivity contribution < 1.29 is 35.7 Å². The van der Waals surface area contributed by atoms with Crippen molar-refractivity contribution in [2.75, 3.05) is 39.6 Å². The van der Waals surface area contributed by atoms with Crippen LogP contribution in [-0.4, -0.2) is 83.0 Å². The Morgan fingerprint density at radius 1 is 0.612 bits per heavy atom. The lowest BCUT2D eigenvalue weighted by Crippen LogP contribution is -2.46. The molecule has 11 heteroatoms. The molecule has 0 bridgehead atoms. The van der Waals surface area contributed by atoms with Gasteiger partial charge in [0.25, 0.3) is 10.1 Å². The van der Waals surface area contributed by atoms with Crippen LogP contribution in [0.15, 0.2) is 29.2 Å². The number of hydrogen-bond donors (Lipinski definition) is 0. The van der Waals surface area contributed by atoms with Crippen LogP contribution in [0, 0.1) is 6.92 Å². The number of rotatable bonds is 21. The summed E-state index contributed by atoms with van der Waals surface area (Å²) in [5.41, 5.74) is 1.03. The Balaban J connectivity index is -0.000000990. The quantitative estimate of drug-likeness (QED) is 0.0696. The molecule has 1 aromatic rings. The van der Waals surface area contributed by atoms with Crippen LogP contribution in [0.25, 0.3) is 0 Å². The predicted octanol–water partition coefficient (Wildman–Crippen LogP) is 10.8. The molecule has 294 valence electrons.